The minimum absolute atomic E-state index is 0.342. The van der Waals surface area contributed by atoms with Gasteiger partial charge in [-0.2, -0.15) is 5.10 Å². The molecule has 0 bridgehead atoms. The first-order valence-electron chi connectivity index (χ1n) is 6.23. The number of rotatable bonds is 4. The van der Waals surface area contributed by atoms with Crippen LogP contribution < -0.4 is 4.74 Å². The molecule has 0 amide bonds. The largest absolute Gasteiger partial charge is 0.477 e. The number of esters is 1. The van der Waals surface area contributed by atoms with Gasteiger partial charge in [-0.1, -0.05) is 13.3 Å². The maximum atomic E-state index is 11.8. The lowest BCUT2D eigenvalue weighted by Gasteiger charge is -2.23. The third-order valence-electron chi connectivity index (χ3n) is 2.93. The minimum atomic E-state index is -0.389. The van der Waals surface area contributed by atoms with Crippen LogP contribution in [-0.4, -0.2) is 29.0 Å². The van der Waals surface area contributed by atoms with Gasteiger partial charge in [0.25, 0.3) is 0 Å². The van der Waals surface area contributed by atoms with Gasteiger partial charge in [0.15, 0.2) is 5.56 Å². The van der Waals surface area contributed by atoms with Crippen LogP contribution in [0.5, 0.6) is 5.88 Å². The molecule has 0 saturated carbocycles. The van der Waals surface area contributed by atoms with Crippen molar-refractivity contribution in [3.63, 3.8) is 0 Å². The summed E-state index contributed by atoms with van der Waals surface area (Å²) < 4.78 is 12.9. The second-order valence-electron chi connectivity index (χ2n) is 4.34. The Morgan fingerprint density at radius 3 is 3.06 bits per heavy atom. The van der Waals surface area contributed by atoms with Gasteiger partial charge < -0.3 is 9.47 Å². The van der Waals surface area contributed by atoms with Gasteiger partial charge in [-0.25, -0.2) is 9.48 Å². The van der Waals surface area contributed by atoms with Crippen LogP contribution in [0.2, 0.25) is 0 Å². The van der Waals surface area contributed by atoms with E-state index in [9.17, 15) is 4.79 Å². The third kappa shape index (κ3) is 2.53. The number of fused-ring (bicyclic) bond motifs is 1. The number of ether oxygens (including phenoxy) is 2. The highest BCUT2D eigenvalue weighted by Gasteiger charge is 2.29. The number of hydrogen-bond donors (Lipinski definition) is 0. The van der Waals surface area contributed by atoms with Gasteiger partial charge >= 0.3 is 5.97 Å². The average Bonchev–Trinajstić information content (AvgIpc) is 2.65. The maximum absolute atomic E-state index is 11.8. The number of carbonyl (C=O) groups is 1. The first-order chi connectivity index (χ1) is 8.67. The van der Waals surface area contributed by atoms with Crippen molar-refractivity contribution in [2.45, 2.75) is 33.2 Å². The molecule has 2 heterocycles. The van der Waals surface area contributed by atoms with Crippen LogP contribution in [0.4, 0.5) is 0 Å². The number of halogens is 1. The van der Waals surface area contributed by atoms with Crippen molar-refractivity contribution < 1.29 is 14.3 Å². The summed E-state index contributed by atoms with van der Waals surface area (Å²) in [6, 6.07) is 0. The molecule has 6 heteroatoms. The fourth-order valence-electron chi connectivity index (χ4n) is 2.14. The first kappa shape index (κ1) is 13.4. The molecule has 1 aromatic heterocycles. The number of nitrogens with zero attached hydrogens (tertiary/aromatic N) is 2. The van der Waals surface area contributed by atoms with Crippen molar-refractivity contribution in [3.05, 3.63) is 10.2 Å². The highest BCUT2D eigenvalue weighted by Crippen LogP contribution is 2.32. The number of aromatic nitrogens is 2. The molecule has 1 aromatic rings. The van der Waals surface area contributed by atoms with Crippen molar-refractivity contribution in [1.29, 1.82) is 0 Å². The van der Waals surface area contributed by atoms with Crippen LogP contribution in [-0.2, 0) is 11.3 Å². The molecule has 0 aliphatic carbocycles. The van der Waals surface area contributed by atoms with Crippen LogP contribution in [0.15, 0.2) is 4.60 Å². The van der Waals surface area contributed by atoms with Gasteiger partial charge in [0.2, 0.25) is 5.88 Å². The van der Waals surface area contributed by atoms with Crippen LogP contribution in [0.1, 0.15) is 37.0 Å². The number of carbonyl (C=O) groups excluding carboxylic acids is 1. The quantitative estimate of drug-likeness (QED) is 0.801. The van der Waals surface area contributed by atoms with E-state index in [4.69, 9.17) is 9.47 Å². The fraction of sp³-hybridized carbons (Fsp3) is 0.667. The summed E-state index contributed by atoms with van der Waals surface area (Å²) in [5.74, 6) is 0.594. The second kappa shape index (κ2) is 5.73. The summed E-state index contributed by atoms with van der Waals surface area (Å²) in [6.07, 6.45) is 2.22. The lowest BCUT2D eigenvalue weighted by Crippen LogP contribution is -2.26. The fourth-order valence-corrected chi connectivity index (χ4v) is 2.66. The Morgan fingerprint density at radius 2 is 2.39 bits per heavy atom. The predicted molar refractivity (Wildman–Crippen MR) is 69.8 cm³/mol. The van der Waals surface area contributed by atoms with E-state index < -0.39 is 0 Å². The lowest BCUT2D eigenvalue weighted by molar-refractivity contribution is 0.0515. The van der Waals surface area contributed by atoms with Crippen LogP contribution >= 0.6 is 15.9 Å². The third-order valence-corrected chi connectivity index (χ3v) is 3.48. The van der Waals surface area contributed by atoms with Gasteiger partial charge in [0, 0.05) is 5.92 Å². The molecular formula is C12H17BrN2O3. The Kier molecular flexibility index (Phi) is 4.27. The standard InChI is InChI=1S/C12H17BrN2O3/c1-3-5-8-6-15-11(18-7-8)9(10(13)14-15)12(16)17-4-2/h8H,3-7H2,1-2H3. The van der Waals surface area contributed by atoms with Gasteiger partial charge in [-0.15, -0.1) is 0 Å². The molecule has 0 N–H and O–H groups in total. The zero-order valence-corrected chi connectivity index (χ0v) is 12.2. The lowest BCUT2D eigenvalue weighted by atomic mass is 10.0. The van der Waals surface area contributed by atoms with Crippen molar-refractivity contribution in [1.82, 2.24) is 9.78 Å². The van der Waals surface area contributed by atoms with Gasteiger partial charge in [-0.3, -0.25) is 0 Å². The molecule has 0 radical (unpaired) electrons. The van der Waals surface area contributed by atoms with Crippen molar-refractivity contribution in [2.75, 3.05) is 13.2 Å². The Bertz CT molecular complexity index is 445. The smallest absolute Gasteiger partial charge is 0.346 e. The Labute approximate surface area is 115 Å². The highest BCUT2D eigenvalue weighted by atomic mass is 79.9. The normalized spacial score (nSPS) is 18.1. The van der Waals surface area contributed by atoms with E-state index in [1.54, 1.807) is 11.6 Å². The molecule has 0 aromatic carbocycles. The summed E-state index contributed by atoms with van der Waals surface area (Å²) in [6.45, 7) is 5.70. The summed E-state index contributed by atoms with van der Waals surface area (Å²) in [4.78, 5) is 11.8. The summed E-state index contributed by atoms with van der Waals surface area (Å²) in [5, 5.41) is 4.29. The molecule has 1 aliphatic heterocycles. The van der Waals surface area contributed by atoms with Crippen LogP contribution in [0.3, 0.4) is 0 Å². The molecule has 2 rings (SSSR count). The van der Waals surface area contributed by atoms with E-state index in [1.165, 1.54) is 0 Å². The van der Waals surface area contributed by atoms with Gasteiger partial charge in [0.1, 0.15) is 4.60 Å². The molecule has 100 valence electrons. The maximum Gasteiger partial charge on any atom is 0.346 e. The first-order valence-corrected chi connectivity index (χ1v) is 7.02. The van der Waals surface area contributed by atoms with Gasteiger partial charge in [0.05, 0.1) is 19.8 Å². The molecule has 1 atom stereocenters. The zero-order valence-electron chi connectivity index (χ0n) is 10.6. The van der Waals surface area contributed by atoms with E-state index in [2.05, 4.69) is 28.0 Å². The Balaban J connectivity index is 2.23. The molecule has 0 saturated heterocycles. The molecule has 5 nitrogen and oxygen atoms in total. The molecule has 0 spiro atoms. The monoisotopic (exact) mass is 316 g/mol. The molecular weight excluding hydrogens is 300 g/mol. The number of hydrogen-bond acceptors (Lipinski definition) is 4. The zero-order chi connectivity index (χ0) is 13.1. The van der Waals surface area contributed by atoms with Crippen LogP contribution in [0.25, 0.3) is 0 Å². The minimum Gasteiger partial charge on any atom is -0.477 e. The predicted octanol–water partition coefficient (Wildman–Crippen LogP) is 2.63. The summed E-state index contributed by atoms with van der Waals surface area (Å²) in [5.41, 5.74) is 0.395. The Hall–Kier alpha value is -1.04. The second-order valence-corrected chi connectivity index (χ2v) is 5.09. The van der Waals surface area contributed by atoms with Crippen LogP contribution in [0, 0.1) is 5.92 Å². The molecule has 18 heavy (non-hydrogen) atoms. The van der Waals surface area contributed by atoms with E-state index in [0.717, 1.165) is 19.4 Å². The highest BCUT2D eigenvalue weighted by molar-refractivity contribution is 9.10. The van der Waals surface area contributed by atoms with E-state index in [0.29, 0.717) is 35.2 Å². The summed E-state index contributed by atoms with van der Waals surface area (Å²) >= 11 is 3.29. The van der Waals surface area contributed by atoms with E-state index in [-0.39, 0.29) is 5.97 Å². The SMILES string of the molecule is CCCC1COc2c(C(=O)OCC)c(Br)nn2C1. The van der Waals surface area contributed by atoms with E-state index in [1.807, 2.05) is 0 Å². The Morgan fingerprint density at radius 1 is 1.61 bits per heavy atom. The van der Waals surface area contributed by atoms with Crippen molar-refractivity contribution >= 4 is 21.9 Å². The topological polar surface area (TPSA) is 53.4 Å². The molecule has 0 fully saturated rings. The van der Waals surface area contributed by atoms with Gasteiger partial charge in [-0.05, 0) is 29.3 Å². The molecule has 1 unspecified atom stereocenters. The van der Waals surface area contributed by atoms with Crippen molar-refractivity contribution in [2.24, 2.45) is 5.92 Å². The van der Waals surface area contributed by atoms with Crippen molar-refractivity contribution in [3.8, 4) is 5.88 Å². The van der Waals surface area contributed by atoms with E-state index >= 15 is 0 Å². The average molecular weight is 317 g/mol. The summed E-state index contributed by atoms with van der Waals surface area (Å²) in [7, 11) is 0. The molecule has 1 aliphatic rings.